The molecular formula is C14H21N3O2. The summed E-state index contributed by atoms with van der Waals surface area (Å²) in [6.07, 6.45) is 1.80. The number of aromatic nitrogens is 1. The fraction of sp³-hybridized carbons (Fsp3) is 0.571. The molecule has 1 saturated heterocycles. The van der Waals surface area contributed by atoms with Crippen LogP contribution < -0.4 is 16.1 Å². The second-order valence-electron chi connectivity index (χ2n) is 5.54. The summed E-state index contributed by atoms with van der Waals surface area (Å²) in [6, 6.07) is 2.93. The fourth-order valence-corrected chi connectivity index (χ4v) is 2.43. The molecular weight excluding hydrogens is 242 g/mol. The van der Waals surface area contributed by atoms with Crippen LogP contribution in [0.25, 0.3) is 0 Å². The van der Waals surface area contributed by atoms with Gasteiger partial charge in [-0.1, -0.05) is 0 Å². The molecule has 0 bridgehead atoms. The van der Waals surface area contributed by atoms with Gasteiger partial charge in [0.25, 0.3) is 5.91 Å². The summed E-state index contributed by atoms with van der Waals surface area (Å²) in [4.78, 5) is 23.9. The minimum atomic E-state index is -0.192. The van der Waals surface area contributed by atoms with Crippen LogP contribution in [0.15, 0.2) is 16.9 Å². The first kappa shape index (κ1) is 13.8. The third-order valence-corrected chi connectivity index (χ3v) is 3.88. The van der Waals surface area contributed by atoms with Crippen molar-refractivity contribution in [3.05, 3.63) is 33.7 Å². The summed E-state index contributed by atoms with van der Waals surface area (Å²) in [7, 11) is 1.80. The van der Waals surface area contributed by atoms with Crippen LogP contribution in [0.2, 0.25) is 0 Å². The SMILES string of the molecule is Cc1cc(=O)cc(C(=O)NC2(C)CCNCC2)n1C. The highest BCUT2D eigenvalue weighted by atomic mass is 16.2. The van der Waals surface area contributed by atoms with Crippen LogP contribution in [0.4, 0.5) is 0 Å². The fourth-order valence-electron chi connectivity index (χ4n) is 2.43. The molecule has 5 nitrogen and oxygen atoms in total. The number of carbonyl (C=O) groups excluding carboxylic acids is 1. The molecule has 2 heterocycles. The summed E-state index contributed by atoms with van der Waals surface area (Å²) in [5.74, 6) is -0.173. The molecule has 0 atom stereocenters. The van der Waals surface area contributed by atoms with Crippen LogP contribution >= 0.6 is 0 Å². The number of hydrogen-bond acceptors (Lipinski definition) is 3. The van der Waals surface area contributed by atoms with Gasteiger partial charge in [0, 0.05) is 30.4 Å². The summed E-state index contributed by atoms with van der Waals surface area (Å²) < 4.78 is 1.75. The van der Waals surface area contributed by atoms with E-state index in [4.69, 9.17) is 0 Å². The van der Waals surface area contributed by atoms with E-state index in [9.17, 15) is 9.59 Å². The zero-order valence-electron chi connectivity index (χ0n) is 11.7. The number of piperidine rings is 1. The molecule has 5 heteroatoms. The van der Waals surface area contributed by atoms with Gasteiger partial charge in [0.15, 0.2) is 5.43 Å². The molecule has 0 saturated carbocycles. The molecule has 104 valence electrons. The molecule has 0 unspecified atom stereocenters. The van der Waals surface area contributed by atoms with Gasteiger partial charge in [-0.15, -0.1) is 0 Å². The van der Waals surface area contributed by atoms with Crippen molar-refractivity contribution >= 4 is 5.91 Å². The third kappa shape index (κ3) is 3.04. The molecule has 1 aromatic heterocycles. The highest BCUT2D eigenvalue weighted by Crippen LogP contribution is 2.17. The van der Waals surface area contributed by atoms with Crippen molar-refractivity contribution in [3.8, 4) is 0 Å². The standard InChI is InChI=1S/C14H21N3O2/c1-10-8-11(18)9-12(17(10)3)13(19)16-14(2)4-6-15-7-5-14/h8-9,15H,4-7H2,1-3H3,(H,16,19). The van der Waals surface area contributed by atoms with Crippen LogP contribution in [-0.4, -0.2) is 29.1 Å². The van der Waals surface area contributed by atoms with E-state index in [-0.39, 0.29) is 16.9 Å². The number of rotatable bonds is 2. The minimum Gasteiger partial charge on any atom is -0.346 e. The van der Waals surface area contributed by atoms with Crippen molar-refractivity contribution in [1.29, 1.82) is 0 Å². The van der Waals surface area contributed by atoms with E-state index in [0.717, 1.165) is 31.6 Å². The van der Waals surface area contributed by atoms with Crippen LogP contribution in [-0.2, 0) is 7.05 Å². The number of aryl methyl sites for hydroxylation is 1. The zero-order valence-corrected chi connectivity index (χ0v) is 11.7. The predicted molar refractivity (Wildman–Crippen MR) is 74.4 cm³/mol. The van der Waals surface area contributed by atoms with Crippen LogP contribution in [0.3, 0.4) is 0 Å². The van der Waals surface area contributed by atoms with E-state index in [1.54, 1.807) is 11.6 Å². The van der Waals surface area contributed by atoms with Gasteiger partial charge in [-0.05, 0) is 39.8 Å². The molecule has 1 aromatic rings. The van der Waals surface area contributed by atoms with Crippen molar-refractivity contribution in [2.75, 3.05) is 13.1 Å². The summed E-state index contributed by atoms with van der Waals surface area (Å²) in [5, 5.41) is 6.34. The maximum absolute atomic E-state index is 12.4. The monoisotopic (exact) mass is 263 g/mol. The number of amides is 1. The number of nitrogens with zero attached hydrogens (tertiary/aromatic N) is 1. The molecule has 0 aliphatic carbocycles. The number of nitrogens with one attached hydrogen (secondary N) is 2. The molecule has 2 N–H and O–H groups in total. The van der Waals surface area contributed by atoms with E-state index >= 15 is 0 Å². The van der Waals surface area contributed by atoms with Crippen LogP contribution in [0.1, 0.15) is 35.9 Å². The lowest BCUT2D eigenvalue weighted by Gasteiger charge is -2.35. The second-order valence-corrected chi connectivity index (χ2v) is 5.54. The average Bonchev–Trinajstić information content (AvgIpc) is 2.34. The Morgan fingerprint density at radius 3 is 2.63 bits per heavy atom. The largest absolute Gasteiger partial charge is 0.346 e. The molecule has 1 fully saturated rings. The predicted octanol–water partition coefficient (Wildman–Crippen LogP) is 0.566. The van der Waals surface area contributed by atoms with Crippen molar-refractivity contribution < 1.29 is 4.79 Å². The van der Waals surface area contributed by atoms with E-state index < -0.39 is 0 Å². The van der Waals surface area contributed by atoms with Gasteiger partial charge in [0.1, 0.15) is 5.69 Å². The van der Waals surface area contributed by atoms with Crippen molar-refractivity contribution in [1.82, 2.24) is 15.2 Å². The number of carbonyl (C=O) groups is 1. The van der Waals surface area contributed by atoms with Gasteiger partial charge in [-0.2, -0.15) is 0 Å². The van der Waals surface area contributed by atoms with Crippen molar-refractivity contribution in [2.24, 2.45) is 7.05 Å². The van der Waals surface area contributed by atoms with Gasteiger partial charge in [0.05, 0.1) is 0 Å². The smallest absolute Gasteiger partial charge is 0.268 e. The maximum Gasteiger partial charge on any atom is 0.268 e. The van der Waals surface area contributed by atoms with Crippen molar-refractivity contribution in [3.63, 3.8) is 0 Å². The normalized spacial score (nSPS) is 18.1. The Morgan fingerprint density at radius 2 is 2.00 bits per heavy atom. The average molecular weight is 263 g/mol. The van der Waals surface area contributed by atoms with Gasteiger partial charge in [-0.3, -0.25) is 9.59 Å². The first-order chi connectivity index (χ1) is 8.91. The molecule has 0 radical (unpaired) electrons. The summed E-state index contributed by atoms with van der Waals surface area (Å²) in [5.41, 5.74) is 0.886. The van der Waals surface area contributed by atoms with E-state index in [2.05, 4.69) is 17.6 Å². The van der Waals surface area contributed by atoms with Crippen LogP contribution in [0.5, 0.6) is 0 Å². The second kappa shape index (κ2) is 5.17. The highest BCUT2D eigenvalue weighted by Gasteiger charge is 2.29. The Bertz CT molecular complexity index is 542. The Labute approximate surface area is 113 Å². The molecule has 0 aromatic carbocycles. The van der Waals surface area contributed by atoms with Gasteiger partial charge in [-0.25, -0.2) is 0 Å². The lowest BCUT2D eigenvalue weighted by molar-refractivity contribution is 0.0877. The molecule has 1 amide bonds. The molecule has 2 rings (SSSR count). The number of pyridine rings is 1. The zero-order chi connectivity index (χ0) is 14.0. The van der Waals surface area contributed by atoms with Crippen LogP contribution in [0, 0.1) is 6.92 Å². The Morgan fingerprint density at radius 1 is 1.37 bits per heavy atom. The minimum absolute atomic E-state index is 0.129. The van der Waals surface area contributed by atoms with E-state index in [1.807, 2.05) is 6.92 Å². The Kier molecular flexibility index (Phi) is 3.75. The first-order valence-corrected chi connectivity index (χ1v) is 6.62. The summed E-state index contributed by atoms with van der Waals surface area (Å²) >= 11 is 0. The first-order valence-electron chi connectivity index (χ1n) is 6.62. The maximum atomic E-state index is 12.4. The Balaban J connectivity index is 2.23. The van der Waals surface area contributed by atoms with E-state index in [1.165, 1.54) is 12.1 Å². The topological polar surface area (TPSA) is 63.1 Å². The molecule has 1 aliphatic rings. The molecule has 1 aliphatic heterocycles. The molecule has 19 heavy (non-hydrogen) atoms. The quantitative estimate of drug-likeness (QED) is 0.820. The van der Waals surface area contributed by atoms with Gasteiger partial charge in [0.2, 0.25) is 0 Å². The van der Waals surface area contributed by atoms with Gasteiger partial charge >= 0.3 is 0 Å². The van der Waals surface area contributed by atoms with Crippen molar-refractivity contribution in [2.45, 2.75) is 32.2 Å². The van der Waals surface area contributed by atoms with Gasteiger partial charge < -0.3 is 15.2 Å². The third-order valence-electron chi connectivity index (χ3n) is 3.88. The lowest BCUT2D eigenvalue weighted by Crippen LogP contribution is -2.52. The summed E-state index contributed by atoms with van der Waals surface area (Å²) in [6.45, 7) is 5.69. The highest BCUT2D eigenvalue weighted by molar-refractivity contribution is 5.93. The lowest BCUT2D eigenvalue weighted by atomic mass is 9.90. The molecule has 0 spiro atoms. The Hall–Kier alpha value is -1.62. The number of hydrogen-bond donors (Lipinski definition) is 2. The van der Waals surface area contributed by atoms with E-state index in [0.29, 0.717) is 5.69 Å².